The zero-order valence-electron chi connectivity index (χ0n) is 40.4. The number of fused-ring (bicyclic) bond motifs is 11. The van der Waals surface area contributed by atoms with E-state index in [-0.39, 0.29) is 10.8 Å². The van der Waals surface area contributed by atoms with Crippen molar-refractivity contribution < 1.29 is 0 Å². The molecule has 0 saturated heterocycles. The van der Waals surface area contributed by atoms with E-state index >= 15 is 0 Å². The molecule has 0 aliphatic heterocycles. The third-order valence-electron chi connectivity index (χ3n) is 15.9. The third-order valence-corrected chi connectivity index (χ3v) is 15.9. The van der Waals surface area contributed by atoms with Gasteiger partial charge in [0.05, 0.1) is 11.0 Å². The average Bonchev–Trinajstić information content (AvgIpc) is 3.95. The van der Waals surface area contributed by atoms with Crippen molar-refractivity contribution in [2.24, 2.45) is 0 Å². The lowest BCUT2D eigenvalue weighted by molar-refractivity contribution is 0.660. The quantitative estimate of drug-likeness (QED) is 0.158. The SMILES string of the molecule is CC1(C)c2ccccc2-c2ccc(N(c3ccc4ccccc4c3)c3ccc4c(c3)c3cc(N(c5ccc6c(c5)C(C)(C)c5ccccc5-6)c5ccc6ccccc6c5)ccc3n4-c3ccccc3)cc21. The largest absolute Gasteiger partial charge is 0.310 e. The van der Waals surface area contributed by atoms with Crippen LogP contribution < -0.4 is 9.80 Å². The summed E-state index contributed by atoms with van der Waals surface area (Å²) in [4.78, 5) is 4.93. The molecule has 1 heterocycles. The molecule has 0 unspecified atom stereocenters. The predicted molar refractivity (Wildman–Crippen MR) is 300 cm³/mol. The maximum Gasteiger partial charge on any atom is 0.0542 e. The van der Waals surface area contributed by atoms with E-state index in [0.29, 0.717) is 0 Å². The Morgan fingerprint density at radius 3 is 1.11 bits per heavy atom. The van der Waals surface area contributed by atoms with Crippen molar-refractivity contribution in [2.45, 2.75) is 38.5 Å². The van der Waals surface area contributed by atoms with Crippen molar-refractivity contribution in [3.05, 3.63) is 259 Å². The number of anilines is 6. The summed E-state index contributed by atoms with van der Waals surface area (Å²) in [6, 6.07) is 88.1. The number of benzene rings is 11. The second-order valence-electron chi connectivity index (χ2n) is 20.6. The standard InChI is InChI=1S/C68H51N3/c1-67(2)61-24-14-12-22-55(61)57-34-30-53(42-63(57)67)69(49-28-26-44-16-8-10-18-46(44)38-49)51-32-36-65-59(40-51)60-41-52(33-37-66(60)71(65)48-20-6-5-7-21-48)70(50-29-27-45-17-9-11-19-47(45)39-50)54-31-35-58-56-23-13-15-25-62(56)68(3,4)64(58)43-54/h5-43H,1-4H3. The van der Waals surface area contributed by atoms with E-state index in [9.17, 15) is 0 Å². The Kier molecular flexibility index (Phi) is 8.98. The highest BCUT2D eigenvalue weighted by Gasteiger charge is 2.37. The van der Waals surface area contributed by atoms with Crippen molar-refractivity contribution in [3.8, 4) is 27.9 Å². The zero-order valence-corrected chi connectivity index (χ0v) is 40.4. The van der Waals surface area contributed by atoms with E-state index in [0.717, 1.165) is 50.8 Å². The van der Waals surface area contributed by atoms with Crippen LogP contribution in [0.1, 0.15) is 49.9 Å². The minimum Gasteiger partial charge on any atom is -0.310 e. The van der Waals surface area contributed by atoms with Crippen LogP contribution in [0.2, 0.25) is 0 Å². The lowest BCUT2D eigenvalue weighted by Crippen LogP contribution is -2.16. The van der Waals surface area contributed by atoms with Gasteiger partial charge < -0.3 is 14.4 Å². The molecule has 0 atom stereocenters. The van der Waals surface area contributed by atoms with Crippen LogP contribution in [-0.4, -0.2) is 4.57 Å². The van der Waals surface area contributed by atoms with Crippen molar-refractivity contribution in [1.82, 2.24) is 4.57 Å². The van der Waals surface area contributed by atoms with E-state index in [1.807, 2.05) is 0 Å². The Hall–Kier alpha value is -8.66. The maximum absolute atomic E-state index is 2.46. The number of para-hydroxylation sites is 1. The van der Waals surface area contributed by atoms with E-state index in [2.05, 4.69) is 279 Å². The Labute approximate surface area is 415 Å². The molecule has 11 aromatic carbocycles. The van der Waals surface area contributed by atoms with E-state index in [1.54, 1.807) is 0 Å². The van der Waals surface area contributed by atoms with Gasteiger partial charge in [-0.25, -0.2) is 0 Å². The third kappa shape index (κ3) is 6.29. The van der Waals surface area contributed by atoms with Gasteiger partial charge in [-0.1, -0.05) is 167 Å². The van der Waals surface area contributed by atoms with Crippen LogP contribution in [0, 0.1) is 0 Å². The Morgan fingerprint density at radius 2 is 0.634 bits per heavy atom. The van der Waals surface area contributed by atoms with Crippen LogP contribution in [0.15, 0.2) is 237 Å². The van der Waals surface area contributed by atoms with Crippen molar-refractivity contribution in [3.63, 3.8) is 0 Å². The summed E-state index contributed by atoms with van der Waals surface area (Å²) in [6.45, 7) is 9.48. The number of rotatable bonds is 7. The van der Waals surface area contributed by atoms with Crippen molar-refractivity contribution in [1.29, 1.82) is 0 Å². The Bertz CT molecular complexity index is 3890. The summed E-state index contributed by atoms with van der Waals surface area (Å²) in [5.74, 6) is 0. The minimum absolute atomic E-state index is 0.143. The predicted octanol–water partition coefficient (Wildman–Crippen LogP) is 18.6. The van der Waals surface area contributed by atoms with Gasteiger partial charge >= 0.3 is 0 Å². The van der Waals surface area contributed by atoms with Crippen LogP contribution in [0.25, 0.3) is 71.3 Å². The van der Waals surface area contributed by atoms with Crippen LogP contribution in [-0.2, 0) is 10.8 Å². The van der Waals surface area contributed by atoms with Crippen LogP contribution in [0.3, 0.4) is 0 Å². The van der Waals surface area contributed by atoms with Crippen molar-refractivity contribution >= 4 is 77.5 Å². The van der Waals surface area contributed by atoms with Gasteiger partial charge in [0.1, 0.15) is 0 Å². The summed E-state index contributed by atoms with van der Waals surface area (Å²) in [7, 11) is 0. The highest BCUT2D eigenvalue weighted by atomic mass is 15.2. The van der Waals surface area contributed by atoms with Gasteiger partial charge in [-0.2, -0.15) is 0 Å². The van der Waals surface area contributed by atoms with E-state index in [4.69, 9.17) is 0 Å². The van der Waals surface area contributed by atoms with Crippen LogP contribution >= 0.6 is 0 Å². The second-order valence-corrected chi connectivity index (χ2v) is 20.6. The molecule has 3 heteroatoms. The smallest absolute Gasteiger partial charge is 0.0542 e. The molecule has 0 fully saturated rings. The maximum atomic E-state index is 2.46. The molecule has 3 nitrogen and oxygen atoms in total. The molecular weight excluding hydrogens is 859 g/mol. The highest BCUT2D eigenvalue weighted by molar-refractivity contribution is 6.12. The molecule has 0 radical (unpaired) electrons. The molecule has 2 aliphatic rings. The number of hydrogen-bond acceptors (Lipinski definition) is 2. The Balaban J connectivity index is 0.998. The van der Waals surface area contributed by atoms with Crippen LogP contribution in [0.4, 0.5) is 34.1 Å². The molecule has 71 heavy (non-hydrogen) atoms. The molecule has 12 aromatic rings. The van der Waals surface area contributed by atoms with E-state index in [1.165, 1.54) is 76.8 Å². The second kappa shape index (κ2) is 15.4. The molecular formula is C68H51N3. The molecule has 0 amide bonds. The number of aromatic nitrogens is 1. The summed E-state index contributed by atoms with van der Waals surface area (Å²) in [5, 5.41) is 7.25. The normalized spacial score (nSPS) is 13.9. The van der Waals surface area contributed by atoms with E-state index < -0.39 is 0 Å². The number of nitrogens with zero attached hydrogens (tertiary/aromatic N) is 3. The fourth-order valence-electron chi connectivity index (χ4n) is 12.3. The fourth-order valence-corrected chi connectivity index (χ4v) is 12.3. The average molecular weight is 910 g/mol. The first-order valence-corrected chi connectivity index (χ1v) is 24.9. The molecule has 0 saturated carbocycles. The lowest BCUT2D eigenvalue weighted by atomic mass is 9.82. The molecule has 0 spiro atoms. The van der Waals surface area contributed by atoms with Gasteiger partial charge in [0.15, 0.2) is 0 Å². The number of hydrogen-bond donors (Lipinski definition) is 0. The monoisotopic (exact) mass is 909 g/mol. The van der Waals surface area contributed by atoms with Crippen LogP contribution in [0.5, 0.6) is 0 Å². The summed E-state index contributed by atoms with van der Waals surface area (Å²) >= 11 is 0. The molecule has 338 valence electrons. The molecule has 2 aliphatic carbocycles. The lowest BCUT2D eigenvalue weighted by Gasteiger charge is -2.29. The first-order valence-electron chi connectivity index (χ1n) is 24.9. The summed E-state index contributed by atoms with van der Waals surface area (Å²) in [5.41, 5.74) is 20.6. The van der Waals surface area contributed by atoms with Gasteiger partial charge in [-0.15, -0.1) is 0 Å². The van der Waals surface area contributed by atoms with Gasteiger partial charge in [-0.3, -0.25) is 0 Å². The molecule has 1 aromatic heterocycles. The first-order chi connectivity index (χ1) is 34.7. The van der Waals surface area contributed by atoms with Crippen molar-refractivity contribution in [2.75, 3.05) is 9.80 Å². The van der Waals surface area contributed by atoms with Gasteiger partial charge in [0.25, 0.3) is 0 Å². The highest BCUT2D eigenvalue weighted by Crippen LogP contribution is 2.53. The van der Waals surface area contributed by atoms with Gasteiger partial charge in [0, 0.05) is 61.4 Å². The van der Waals surface area contributed by atoms with Gasteiger partial charge in [0.2, 0.25) is 0 Å². The fraction of sp³-hybridized carbons (Fsp3) is 0.0882. The van der Waals surface area contributed by atoms with Gasteiger partial charge in [-0.05, 0) is 163 Å². The topological polar surface area (TPSA) is 11.4 Å². The summed E-state index contributed by atoms with van der Waals surface area (Å²) < 4.78 is 2.43. The first kappa shape index (κ1) is 41.3. The minimum atomic E-state index is -0.143. The molecule has 0 bridgehead atoms. The zero-order chi connectivity index (χ0) is 47.6. The molecule has 0 N–H and O–H groups in total. The Morgan fingerprint density at radius 1 is 0.282 bits per heavy atom. The summed E-state index contributed by atoms with van der Waals surface area (Å²) in [6.07, 6.45) is 0. The molecule has 14 rings (SSSR count).